The molecule has 0 saturated carbocycles. The van der Waals surface area contributed by atoms with Gasteiger partial charge in [-0.05, 0) is 62.5 Å². The number of epoxide rings is 1. The van der Waals surface area contributed by atoms with Crippen LogP contribution < -0.4 is 21.7 Å². The third-order valence-electron chi connectivity index (χ3n) is 9.53. The standard InChI is InChI=1S/C39H55N5O7/c1-27(2)23-33(35(46)39(3)26-51-39)43-37(48)30(24-29-13-8-5-9-14-29)15-10-16-31(36(40)47)42-38(49)32(18-17-28-11-6-4-7-12-28)41-34(45)25-44-19-21-50-22-20-44/h4-9,11-14,27,30-33H,10,15-26H2,1-3H3,(H2,40,47)(H,41,45)(H,42,49)(H,43,48)/t30-,31?,32-,33-,39+/m0/s1. The molecule has 12 nitrogen and oxygen atoms in total. The van der Waals surface area contributed by atoms with Crippen LogP contribution in [-0.2, 0) is 46.3 Å². The van der Waals surface area contributed by atoms with Gasteiger partial charge in [-0.3, -0.25) is 28.9 Å². The van der Waals surface area contributed by atoms with Crippen LogP contribution in [0.25, 0.3) is 0 Å². The van der Waals surface area contributed by atoms with Crippen molar-refractivity contribution in [2.24, 2.45) is 17.6 Å². The average Bonchev–Trinajstić information content (AvgIpc) is 3.87. The summed E-state index contributed by atoms with van der Waals surface area (Å²) in [4.78, 5) is 68.3. The molecule has 278 valence electrons. The lowest BCUT2D eigenvalue weighted by Crippen LogP contribution is -2.54. The molecule has 0 aromatic heterocycles. The molecule has 2 aliphatic rings. The molecule has 2 aromatic rings. The summed E-state index contributed by atoms with van der Waals surface area (Å²) < 4.78 is 10.8. The lowest BCUT2D eigenvalue weighted by Gasteiger charge is -2.27. The second-order valence-electron chi connectivity index (χ2n) is 14.4. The Kier molecular flexibility index (Phi) is 15.1. The van der Waals surface area contributed by atoms with Crippen molar-refractivity contribution in [3.8, 4) is 0 Å². The number of nitrogens with zero attached hydrogens (tertiary/aromatic N) is 1. The van der Waals surface area contributed by atoms with Crippen LogP contribution >= 0.6 is 0 Å². The van der Waals surface area contributed by atoms with Gasteiger partial charge < -0.3 is 31.2 Å². The monoisotopic (exact) mass is 705 g/mol. The number of rotatable bonds is 21. The number of amides is 4. The SMILES string of the molecule is CC(C)C[C@H](NC(=O)[C@@H](CCCC(NC(=O)[C@H](CCc1ccccc1)NC(=O)CN1CCOCC1)C(N)=O)Cc1ccccc1)C(=O)[C@@]1(C)CO1. The molecule has 51 heavy (non-hydrogen) atoms. The van der Waals surface area contributed by atoms with Crippen LogP contribution in [0.15, 0.2) is 60.7 Å². The molecule has 0 spiro atoms. The highest BCUT2D eigenvalue weighted by Gasteiger charge is 2.50. The van der Waals surface area contributed by atoms with Crippen molar-refractivity contribution in [2.75, 3.05) is 39.5 Å². The van der Waals surface area contributed by atoms with Crippen molar-refractivity contribution in [1.29, 1.82) is 0 Å². The Balaban J connectivity index is 1.40. The molecule has 5 N–H and O–H groups in total. The minimum atomic E-state index is -1.00. The van der Waals surface area contributed by atoms with Gasteiger partial charge in [0.25, 0.3) is 0 Å². The second kappa shape index (κ2) is 19.5. The summed E-state index contributed by atoms with van der Waals surface area (Å²) in [5.41, 5.74) is 6.90. The van der Waals surface area contributed by atoms with E-state index in [9.17, 15) is 24.0 Å². The van der Waals surface area contributed by atoms with Gasteiger partial charge in [0, 0.05) is 19.0 Å². The fourth-order valence-corrected chi connectivity index (χ4v) is 6.39. The number of carbonyl (C=O) groups is 5. The number of ketones is 1. The smallest absolute Gasteiger partial charge is 0.243 e. The van der Waals surface area contributed by atoms with Gasteiger partial charge in [0.1, 0.15) is 17.7 Å². The van der Waals surface area contributed by atoms with Crippen LogP contribution in [0.1, 0.15) is 64.0 Å². The molecule has 2 aromatic carbocycles. The van der Waals surface area contributed by atoms with Gasteiger partial charge in [0.2, 0.25) is 23.6 Å². The summed E-state index contributed by atoms with van der Waals surface area (Å²) in [6, 6.07) is 16.7. The molecule has 4 amide bonds. The molecule has 2 aliphatic heterocycles. The minimum absolute atomic E-state index is 0.127. The molecule has 12 heteroatoms. The van der Waals surface area contributed by atoms with E-state index < -0.39 is 41.5 Å². The van der Waals surface area contributed by atoms with Gasteiger partial charge in [0.15, 0.2) is 5.78 Å². The van der Waals surface area contributed by atoms with E-state index in [0.717, 1.165) is 11.1 Å². The van der Waals surface area contributed by atoms with Gasteiger partial charge >= 0.3 is 0 Å². The van der Waals surface area contributed by atoms with Crippen molar-refractivity contribution in [3.05, 3.63) is 71.8 Å². The maximum atomic E-state index is 13.8. The van der Waals surface area contributed by atoms with Crippen LogP contribution in [-0.4, -0.2) is 97.5 Å². The summed E-state index contributed by atoms with van der Waals surface area (Å²) in [5.74, 6) is -2.17. The maximum absolute atomic E-state index is 13.8. The van der Waals surface area contributed by atoms with E-state index in [1.165, 1.54) is 0 Å². The Morgan fingerprint density at radius 1 is 0.804 bits per heavy atom. The zero-order valence-corrected chi connectivity index (χ0v) is 30.2. The number of hydrogen-bond donors (Lipinski definition) is 4. The zero-order valence-electron chi connectivity index (χ0n) is 30.2. The molecular weight excluding hydrogens is 650 g/mol. The van der Waals surface area contributed by atoms with E-state index >= 15 is 0 Å². The van der Waals surface area contributed by atoms with Gasteiger partial charge in [-0.1, -0.05) is 80.9 Å². The lowest BCUT2D eigenvalue weighted by atomic mass is 9.89. The number of carbonyl (C=O) groups excluding carboxylic acids is 5. The minimum Gasteiger partial charge on any atom is -0.379 e. The van der Waals surface area contributed by atoms with Crippen molar-refractivity contribution in [2.45, 2.75) is 89.4 Å². The van der Waals surface area contributed by atoms with Crippen LogP contribution in [0, 0.1) is 11.8 Å². The van der Waals surface area contributed by atoms with E-state index in [2.05, 4.69) is 16.0 Å². The van der Waals surface area contributed by atoms with E-state index in [1.807, 2.05) is 79.4 Å². The van der Waals surface area contributed by atoms with Gasteiger partial charge in [-0.2, -0.15) is 0 Å². The number of aryl methyl sites for hydroxylation is 1. The molecular formula is C39H55N5O7. The van der Waals surface area contributed by atoms with E-state index in [1.54, 1.807) is 6.92 Å². The lowest BCUT2D eigenvalue weighted by molar-refractivity contribution is -0.133. The van der Waals surface area contributed by atoms with Crippen molar-refractivity contribution < 1.29 is 33.4 Å². The number of morpholine rings is 1. The van der Waals surface area contributed by atoms with Crippen LogP contribution in [0.2, 0.25) is 0 Å². The first kappa shape index (κ1) is 39.7. The summed E-state index contributed by atoms with van der Waals surface area (Å²) in [5, 5.41) is 8.68. The molecule has 0 radical (unpaired) electrons. The van der Waals surface area contributed by atoms with Gasteiger partial charge in [0.05, 0.1) is 32.4 Å². The molecule has 2 fully saturated rings. The first-order chi connectivity index (χ1) is 24.4. The molecule has 0 bridgehead atoms. The number of nitrogens with two attached hydrogens (primary N) is 1. The fraction of sp³-hybridized carbons (Fsp3) is 0.564. The van der Waals surface area contributed by atoms with E-state index in [0.29, 0.717) is 71.4 Å². The van der Waals surface area contributed by atoms with Crippen molar-refractivity contribution >= 4 is 29.4 Å². The predicted octanol–water partition coefficient (Wildman–Crippen LogP) is 2.32. The van der Waals surface area contributed by atoms with E-state index in [4.69, 9.17) is 15.2 Å². The van der Waals surface area contributed by atoms with Gasteiger partial charge in [-0.15, -0.1) is 0 Å². The second-order valence-corrected chi connectivity index (χ2v) is 14.4. The average molecular weight is 706 g/mol. The predicted molar refractivity (Wildman–Crippen MR) is 193 cm³/mol. The molecule has 5 atom stereocenters. The third-order valence-corrected chi connectivity index (χ3v) is 9.53. The normalized spacial score (nSPS) is 19.7. The summed E-state index contributed by atoms with van der Waals surface area (Å²) >= 11 is 0. The van der Waals surface area contributed by atoms with Crippen LogP contribution in [0.4, 0.5) is 0 Å². The number of Topliss-reactive ketones (excluding diaryl/α,β-unsaturated/α-hetero) is 1. The summed E-state index contributed by atoms with van der Waals surface area (Å²) in [6.45, 7) is 8.58. The number of nitrogens with one attached hydrogen (secondary N) is 3. The van der Waals surface area contributed by atoms with Crippen molar-refractivity contribution in [3.63, 3.8) is 0 Å². The first-order valence-electron chi connectivity index (χ1n) is 18.2. The highest BCUT2D eigenvalue weighted by molar-refractivity contribution is 5.97. The quantitative estimate of drug-likeness (QED) is 0.143. The largest absolute Gasteiger partial charge is 0.379 e. The number of ether oxygens (including phenoxy) is 2. The topological polar surface area (TPSA) is 172 Å². The summed E-state index contributed by atoms with van der Waals surface area (Å²) in [7, 11) is 0. The summed E-state index contributed by atoms with van der Waals surface area (Å²) in [6.07, 6.45) is 2.80. The molecule has 0 aliphatic carbocycles. The number of primary amides is 1. The Hall–Kier alpha value is -4.13. The highest BCUT2D eigenvalue weighted by atomic mass is 16.6. The van der Waals surface area contributed by atoms with Crippen molar-refractivity contribution in [1.82, 2.24) is 20.9 Å². The molecule has 4 rings (SSSR count). The number of hydrogen-bond acceptors (Lipinski definition) is 8. The van der Waals surface area contributed by atoms with Gasteiger partial charge in [-0.25, -0.2) is 0 Å². The van der Waals surface area contributed by atoms with Crippen LogP contribution in [0.3, 0.4) is 0 Å². The van der Waals surface area contributed by atoms with Crippen LogP contribution in [0.5, 0.6) is 0 Å². The Labute approximate surface area is 301 Å². The molecule has 2 heterocycles. The Morgan fingerprint density at radius 2 is 1.41 bits per heavy atom. The highest BCUT2D eigenvalue weighted by Crippen LogP contribution is 2.30. The number of benzene rings is 2. The Bertz CT molecular complexity index is 1440. The van der Waals surface area contributed by atoms with E-state index in [-0.39, 0.29) is 36.5 Å². The Morgan fingerprint density at radius 3 is 2.00 bits per heavy atom. The zero-order chi connectivity index (χ0) is 36.8. The molecule has 1 unspecified atom stereocenters. The maximum Gasteiger partial charge on any atom is 0.243 e. The first-order valence-corrected chi connectivity index (χ1v) is 18.2. The molecule has 2 saturated heterocycles. The fourth-order valence-electron chi connectivity index (χ4n) is 6.39. The third kappa shape index (κ3) is 13.2.